The summed E-state index contributed by atoms with van der Waals surface area (Å²) in [6, 6.07) is 5.27. The van der Waals surface area contributed by atoms with Crippen LogP contribution in [-0.4, -0.2) is 13.4 Å². The van der Waals surface area contributed by atoms with E-state index in [0.29, 0.717) is 0 Å². The first-order valence-electron chi connectivity index (χ1n) is 5.07. The Hall–Kier alpha value is -1.67. The third-order valence-electron chi connectivity index (χ3n) is 2.28. The number of nitrogens with one attached hydrogen (secondary N) is 1. The van der Waals surface area contributed by atoms with Crippen LogP contribution in [0.25, 0.3) is 0 Å². The van der Waals surface area contributed by atoms with Gasteiger partial charge in [-0.1, -0.05) is 0 Å². The summed E-state index contributed by atoms with van der Waals surface area (Å²) in [4.78, 5) is 3.55. The molecule has 0 saturated heterocycles. The highest BCUT2D eigenvalue weighted by molar-refractivity contribution is 9.10. The molecule has 1 heterocycles. The Morgan fingerprint density at radius 1 is 1.32 bits per heavy atom. The number of nitrogens with two attached hydrogens (primary N) is 1. The lowest BCUT2D eigenvalue weighted by Crippen LogP contribution is -2.15. The van der Waals surface area contributed by atoms with Gasteiger partial charge in [0.2, 0.25) is 0 Å². The monoisotopic (exact) mass is 345 g/mol. The molecule has 0 aliphatic rings. The summed E-state index contributed by atoms with van der Waals surface area (Å²) >= 11 is 2.98. The molecule has 0 unspecified atom stereocenters. The van der Waals surface area contributed by atoms with E-state index in [1.165, 1.54) is 24.4 Å². The van der Waals surface area contributed by atoms with Gasteiger partial charge in [-0.05, 0) is 40.2 Å². The van der Waals surface area contributed by atoms with Crippen molar-refractivity contribution in [3.63, 3.8) is 0 Å². The third-order valence-corrected chi connectivity index (χ3v) is 4.35. The first kappa shape index (κ1) is 13.8. The van der Waals surface area contributed by atoms with E-state index in [4.69, 9.17) is 5.73 Å². The van der Waals surface area contributed by atoms with Crippen LogP contribution < -0.4 is 10.5 Å². The van der Waals surface area contributed by atoms with Crippen molar-refractivity contribution >= 4 is 37.3 Å². The minimum atomic E-state index is -3.89. The maximum Gasteiger partial charge on any atom is 0.265 e. The van der Waals surface area contributed by atoms with Gasteiger partial charge in [-0.15, -0.1) is 0 Å². The van der Waals surface area contributed by atoms with Gasteiger partial charge in [-0.25, -0.2) is 12.8 Å². The highest BCUT2D eigenvalue weighted by Gasteiger charge is 2.18. The number of hydrogen-bond donors (Lipinski definition) is 2. The number of aromatic nitrogens is 1. The van der Waals surface area contributed by atoms with Crippen LogP contribution in [0.4, 0.5) is 15.8 Å². The van der Waals surface area contributed by atoms with Crippen LogP contribution in [-0.2, 0) is 10.0 Å². The Labute approximate surface area is 117 Å². The quantitative estimate of drug-likeness (QED) is 0.894. The van der Waals surface area contributed by atoms with Crippen LogP contribution in [0.1, 0.15) is 0 Å². The molecule has 0 amide bonds. The molecule has 0 aliphatic heterocycles. The molecule has 3 N–H and O–H groups in total. The van der Waals surface area contributed by atoms with Gasteiger partial charge < -0.3 is 5.73 Å². The van der Waals surface area contributed by atoms with Crippen molar-refractivity contribution in [2.75, 3.05) is 10.5 Å². The number of pyridine rings is 1. The number of anilines is 2. The predicted molar refractivity (Wildman–Crippen MR) is 73.6 cm³/mol. The topological polar surface area (TPSA) is 85.1 Å². The highest BCUT2D eigenvalue weighted by atomic mass is 79.9. The third kappa shape index (κ3) is 3.02. The molecule has 100 valence electrons. The van der Waals surface area contributed by atoms with E-state index >= 15 is 0 Å². The van der Waals surface area contributed by atoms with Gasteiger partial charge in [0.25, 0.3) is 10.0 Å². The van der Waals surface area contributed by atoms with E-state index in [1.807, 2.05) is 0 Å². The lowest BCUT2D eigenvalue weighted by Gasteiger charge is -2.09. The molecule has 19 heavy (non-hydrogen) atoms. The maximum absolute atomic E-state index is 13.3. The van der Waals surface area contributed by atoms with Gasteiger partial charge in [0.15, 0.2) is 0 Å². The molecule has 2 aromatic rings. The zero-order chi connectivity index (χ0) is 14.0. The van der Waals surface area contributed by atoms with Crippen molar-refractivity contribution < 1.29 is 12.8 Å². The first-order valence-corrected chi connectivity index (χ1v) is 7.35. The van der Waals surface area contributed by atoms with E-state index in [2.05, 4.69) is 25.6 Å². The minimum Gasteiger partial charge on any atom is -0.398 e. The van der Waals surface area contributed by atoms with Crippen molar-refractivity contribution in [2.24, 2.45) is 0 Å². The maximum atomic E-state index is 13.3. The largest absolute Gasteiger partial charge is 0.398 e. The number of halogens is 2. The van der Waals surface area contributed by atoms with Crippen LogP contribution in [0.2, 0.25) is 0 Å². The standard InChI is InChI=1S/C11H9BrFN3O2S/c12-8-2-1-7(5-9(8)13)16-19(17,18)11-6-15-4-3-10(11)14/h1-6,16H,(H2,14,15). The van der Waals surface area contributed by atoms with Crippen LogP contribution in [0, 0.1) is 5.82 Å². The zero-order valence-corrected chi connectivity index (χ0v) is 11.9. The molecule has 2 rings (SSSR count). The fourth-order valence-corrected chi connectivity index (χ4v) is 2.76. The molecule has 0 saturated carbocycles. The van der Waals surface area contributed by atoms with Crippen molar-refractivity contribution in [1.82, 2.24) is 4.98 Å². The van der Waals surface area contributed by atoms with Gasteiger partial charge in [-0.2, -0.15) is 0 Å². The molecule has 0 aliphatic carbocycles. The average molecular weight is 346 g/mol. The predicted octanol–water partition coefficient (Wildman–Crippen LogP) is 2.37. The number of nitrogen functional groups attached to an aromatic ring is 1. The van der Waals surface area contributed by atoms with Crippen LogP contribution in [0.15, 0.2) is 46.0 Å². The summed E-state index contributed by atoms with van der Waals surface area (Å²) < 4.78 is 39.9. The molecule has 5 nitrogen and oxygen atoms in total. The van der Waals surface area contributed by atoms with Crippen molar-refractivity contribution in [3.05, 3.63) is 46.9 Å². The summed E-state index contributed by atoms with van der Waals surface area (Å²) in [5.74, 6) is -0.570. The fraction of sp³-hybridized carbons (Fsp3) is 0. The molecule has 0 radical (unpaired) electrons. The van der Waals surface area contributed by atoms with Crippen LogP contribution in [0.3, 0.4) is 0 Å². The Bertz CT molecular complexity index is 722. The van der Waals surface area contributed by atoms with Crippen LogP contribution >= 0.6 is 15.9 Å². The highest BCUT2D eigenvalue weighted by Crippen LogP contribution is 2.23. The first-order chi connectivity index (χ1) is 8.90. The van der Waals surface area contributed by atoms with Crippen LogP contribution in [0.5, 0.6) is 0 Å². The zero-order valence-electron chi connectivity index (χ0n) is 9.47. The van der Waals surface area contributed by atoms with E-state index in [0.717, 1.165) is 12.3 Å². The molecule has 8 heteroatoms. The van der Waals surface area contributed by atoms with Gasteiger partial charge >= 0.3 is 0 Å². The Morgan fingerprint density at radius 3 is 2.68 bits per heavy atom. The minimum absolute atomic E-state index is 0.0695. The summed E-state index contributed by atoms with van der Waals surface area (Å²) in [5.41, 5.74) is 5.74. The summed E-state index contributed by atoms with van der Waals surface area (Å²) in [6.45, 7) is 0. The van der Waals surface area contributed by atoms with E-state index in [1.54, 1.807) is 0 Å². The summed E-state index contributed by atoms with van der Waals surface area (Å²) in [5, 5.41) is 0. The van der Waals surface area contributed by atoms with E-state index in [-0.39, 0.29) is 20.7 Å². The summed E-state index contributed by atoms with van der Waals surface area (Å²) in [7, 11) is -3.89. The molecule has 0 atom stereocenters. The number of sulfonamides is 1. The lowest BCUT2D eigenvalue weighted by molar-refractivity contribution is 0.601. The molecule has 1 aromatic heterocycles. The van der Waals surface area contributed by atoms with Gasteiger partial charge in [-0.3, -0.25) is 9.71 Å². The summed E-state index contributed by atoms with van der Waals surface area (Å²) in [6.07, 6.45) is 2.51. The SMILES string of the molecule is Nc1ccncc1S(=O)(=O)Nc1ccc(Br)c(F)c1. The number of benzene rings is 1. The Kier molecular flexibility index (Phi) is 3.72. The van der Waals surface area contributed by atoms with Gasteiger partial charge in [0, 0.05) is 12.4 Å². The number of rotatable bonds is 3. The fourth-order valence-electron chi connectivity index (χ4n) is 1.39. The number of hydrogen-bond acceptors (Lipinski definition) is 4. The molecular weight excluding hydrogens is 337 g/mol. The second kappa shape index (κ2) is 5.14. The van der Waals surface area contributed by atoms with E-state index < -0.39 is 15.8 Å². The van der Waals surface area contributed by atoms with Crippen molar-refractivity contribution in [1.29, 1.82) is 0 Å². The normalized spacial score (nSPS) is 11.3. The average Bonchev–Trinajstić information content (AvgIpc) is 2.34. The number of nitrogens with zero attached hydrogens (tertiary/aromatic N) is 1. The molecule has 0 bridgehead atoms. The van der Waals surface area contributed by atoms with Crippen molar-refractivity contribution in [2.45, 2.75) is 4.90 Å². The van der Waals surface area contributed by atoms with Crippen molar-refractivity contribution in [3.8, 4) is 0 Å². The second-order valence-corrected chi connectivity index (χ2v) is 6.15. The molecule has 0 spiro atoms. The van der Waals surface area contributed by atoms with E-state index in [9.17, 15) is 12.8 Å². The van der Waals surface area contributed by atoms with Gasteiger partial charge in [0.1, 0.15) is 10.7 Å². The molecular formula is C11H9BrFN3O2S. The Balaban J connectivity index is 2.37. The lowest BCUT2D eigenvalue weighted by atomic mass is 10.3. The Morgan fingerprint density at radius 2 is 2.05 bits per heavy atom. The molecule has 0 fully saturated rings. The molecule has 1 aromatic carbocycles. The second-order valence-electron chi connectivity index (χ2n) is 3.65. The smallest absolute Gasteiger partial charge is 0.265 e. The van der Waals surface area contributed by atoms with Gasteiger partial charge in [0.05, 0.1) is 15.8 Å².